The molecule has 0 aliphatic carbocycles. The van der Waals surface area contributed by atoms with E-state index >= 15 is 0 Å². The molecule has 0 aliphatic heterocycles. The molecule has 0 saturated heterocycles. The van der Waals surface area contributed by atoms with Crippen molar-refractivity contribution in [2.24, 2.45) is 0 Å². The number of aryl methyl sites for hydroxylation is 1. The molecule has 3 N–H and O–H groups in total. The van der Waals surface area contributed by atoms with Gasteiger partial charge in [0, 0.05) is 24.1 Å². The molecule has 144 valence electrons. The van der Waals surface area contributed by atoms with Crippen molar-refractivity contribution in [3.8, 4) is 11.5 Å². The maximum absolute atomic E-state index is 12.9. The van der Waals surface area contributed by atoms with Crippen LogP contribution in [0.4, 0.5) is 11.4 Å². The lowest BCUT2D eigenvalue weighted by Gasteiger charge is -2.14. The number of phenolic OH excluding ortho intramolecular Hbond substituents is 1. The Bertz CT molecular complexity index is 1150. The van der Waals surface area contributed by atoms with Gasteiger partial charge in [-0.1, -0.05) is 19.1 Å². The Labute approximate surface area is 158 Å². The third-order valence-corrected chi connectivity index (χ3v) is 4.26. The smallest absolute Gasteiger partial charge is 0.271 e. The van der Waals surface area contributed by atoms with Gasteiger partial charge >= 0.3 is 0 Å². The third-order valence-electron chi connectivity index (χ3n) is 4.26. The number of carbonyl (C=O) groups excluding carboxylic acids is 1. The number of phenols is 1. The third kappa shape index (κ3) is 3.25. The van der Waals surface area contributed by atoms with Crippen molar-refractivity contribution in [2.75, 3.05) is 5.32 Å². The van der Waals surface area contributed by atoms with Gasteiger partial charge in [-0.2, -0.15) is 0 Å². The second-order valence-electron chi connectivity index (χ2n) is 6.11. The van der Waals surface area contributed by atoms with Crippen LogP contribution in [-0.2, 0) is 6.54 Å². The number of benzene rings is 2. The van der Waals surface area contributed by atoms with Crippen molar-refractivity contribution < 1.29 is 19.9 Å². The highest BCUT2D eigenvalue weighted by atomic mass is 16.6. The van der Waals surface area contributed by atoms with Crippen molar-refractivity contribution >= 4 is 28.2 Å². The zero-order chi connectivity index (χ0) is 20.4. The van der Waals surface area contributed by atoms with E-state index in [1.165, 1.54) is 4.57 Å². The Morgan fingerprint density at radius 2 is 1.93 bits per heavy atom. The molecule has 0 bridgehead atoms. The normalized spacial score (nSPS) is 10.8. The average molecular weight is 383 g/mol. The van der Waals surface area contributed by atoms with E-state index in [2.05, 4.69) is 5.32 Å². The summed E-state index contributed by atoms with van der Waals surface area (Å²) >= 11 is 0. The number of nitro benzene ring substituents is 1. The number of aromatic nitrogens is 1. The summed E-state index contributed by atoms with van der Waals surface area (Å²) in [5, 5.41) is 33.9. The van der Waals surface area contributed by atoms with Gasteiger partial charge in [0.1, 0.15) is 17.1 Å². The Morgan fingerprint density at radius 3 is 2.61 bits per heavy atom. The van der Waals surface area contributed by atoms with Gasteiger partial charge in [-0.15, -0.1) is 0 Å². The van der Waals surface area contributed by atoms with Crippen molar-refractivity contribution in [3.05, 3.63) is 68.5 Å². The highest BCUT2D eigenvalue weighted by molar-refractivity contribution is 6.09. The molecule has 9 nitrogen and oxygen atoms in total. The van der Waals surface area contributed by atoms with Gasteiger partial charge in [0.15, 0.2) is 0 Å². The first-order chi connectivity index (χ1) is 13.3. The van der Waals surface area contributed by atoms with E-state index in [1.54, 1.807) is 24.3 Å². The fraction of sp³-hybridized carbons (Fsp3) is 0.158. The Kier molecular flexibility index (Phi) is 4.99. The number of para-hydroxylation sites is 1. The lowest BCUT2D eigenvalue weighted by molar-refractivity contribution is -0.384. The Hall–Kier alpha value is -3.88. The summed E-state index contributed by atoms with van der Waals surface area (Å²) in [6.07, 6.45) is 0.626. The molecule has 2 aromatic carbocycles. The molecule has 3 rings (SSSR count). The predicted molar refractivity (Wildman–Crippen MR) is 103 cm³/mol. The molecular formula is C19H17N3O6. The van der Waals surface area contributed by atoms with Gasteiger partial charge in [-0.05, 0) is 24.6 Å². The number of nitro groups is 1. The standard InChI is InChI=1S/C19H17N3O6/c1-2-9-21-14-6-4-3-5-12(14)17(24)16(19(21)26)18(25)20-13-10-11(22(27)28)7-8-15(13)23/h3-8,10,23-24H,2,9H2,1H3,(H,20,25). The van der Waals surface area contributed by atoms with Gasteiger partial charge in [0.2, 0.25) is 0 Å². The summed E-state index contributed by atoms with van der Waals surface area (Å²) in [7, 11) is 0. The van der Waals surface area contributed by atoms with E-state index in [-0.39, 0.29) is 11.4 Å². The van der Waals surface area contributed by atoms with Crippen molar-refractivity contribution in [1.29, 1.82) is 0 Å². The van der Waals surface area contributed by atoms with Crippen LogP contribution in [0.5, 0.6) is 11.5 Å². The van der Waals surface area contributed by atoms with Gasteiger partial charge in [0.25, 0.3) is 17.2 Å². The van der Waals surface area contributed by atoms with Gasteiger partial charge in [0.05, 0.1) is 16.1 Å². The van der Waals surface area contributed by atoms with Crippen LogP contribution in [0.1, 0.15) is 23.7 Å². The van der Waals surface area contributed by atoms with Gasteiger partial charge < -0.3 is 20.1 Å². The van der Waals surface area contributed by atoms with Crippen LogP contribution in [0.25, 0.3) is 10.9 Å². The maximum atomic E-state index is 12.9. The Balaban J connectivity index is 2.14. The minimum absolute atomic E-state index is 0.242. The van der Waals surface area contributed by atoms with E-state index in [4.69, 9.17) is 0 Å². The topological polar surface area (TPSA) is 135 Å². The Morgan fingerprint density at radius 1 is 1.21 bits per heavy atom. The van der Waals surface area contributed by atoms with Crippen LogP contribution in [0.3, 0.4) is 0 Å². The summed E-state index contributed by atoms with van der Waals surface area (Å²) < 4.78 is 1.39. The molecule has 9 heteroatoms. The first-order valence-electron chi connectivity index (χ1n) is 8.48. The molecule has 0 fully saturated rings. The van der Waals surface area contributed by atoms with E-state index in [9.17, 15) is 29.9 Å². The maximum Gasteiger partial charge on any atom is 0.271 e. The number of non-ortho nitro benzene ring substituents is 1. The molecule has 1 aromatic heterocycles. The molecule has 3 aromatic rings. The van der Waals surface area contributed by atoms with Crippen molar-refractivity contribution in [2.45, 2.75) is 19.9 Å². The molecule has 1 amide bonds. The van der Waals surface area contributed by atoms with E-state index in [0.717, 1.165) is 18.2 Å². The molecule has 0 spiro atoms. The number of nitrogens with one attached hydrogen (secondary N) is 1. The van der Waals surface area contributed by atoms with Crippen LogP contribution in [-0.4, -0.2) is 25.6 Å². The lowest BCUT2D eigenvalue weighted by Crippen LogP contribution is -2.29. The number of hydrogen-bond acceptors (Lipinski definition) is 6. The fourth-order valence-electron chi connectivity index (χ4n) is 2.96. The first kappa shape index (κ1) is 18.9. The summed E-state index contributed by atoms with van der Waals surface area (Å²) in [5.41, 5.74) is -1.30. The van der Waals surface area contributed by atoms with Crippen molar-refractivity contribution in [3.63, 3.8) is 0 Å². The van der Waals surface area contributed by atoms with Crippen LogP contribution < -0.4 is 10.9 Å². The highest BCUT2D eigenvalue weighted by Crippen LogP contribution is 2.30. The average Bonchev–Trinajstić information content (AvgIpc) is 2.67. The minimum Gasteiger partial charge on any atom is -0.506 e. The number of aromatic hydroxyl groups is 2. The molecule has 0 radical (unpaired) electrons. The number of pyridine rings is 1. The van der Waals surface area contributed by atoms with E-state index < -0.39 is 33.5 Å². The fourth-order valence-corrected chi connectivity index (χ4v) is 2.96. The number of anilines is 1. The lowest BCUT2D eigenvalue weighted by atomic mass is 10.1. The number of carbonyl (C=O) groups is 1. The molecule has 0 atom stereocenters. The summed E-state index contributed by atoms with van der Waals surface area (Å²) in [6, 6.07) is 9.73. The number of hydrogen-bond donors (Lipinski definition) is 3. The second kappa shape index (κ2) is 7.39. The van der Waals surface area contributed by atoms with Crippen LogP contribution in [0.15, 0.2) is 47.3 Å². The van der Waals surface area contributed by atoms with Gasteiger partial charge in [-0.25, -0.2) is 0 Å². The molecular weight excluding hydrogens is 366 g/mol. The molecule has 0 saturated carbocycles. The molecule has 1 heterocycles. The molecule has 0 aliphatic rings. The van der Waals surface area contributed by atoms with Crippen molar-refractivity contribution in [1.82, 2.24) is 4.57 Å². The SMILES string of the molecule is CCCn1c(=O)c(C(=O)Nc2cc([N+](=O)[O-])ccc2O)c(O)c2ccccc21. The monoisotopic (exact) mass is 383 g/mol. The highest BCUT2D eigenvalue weighted by Gasteiger charge is 2.23. The number of nitrogens with zero attached hydrogens (tertiary/aromatic N) is 2. The number of rotatable bonds is 5. The quantitative estimate of drug-likeness (QED) is 0.352. The second-order valence-corrected chi connectivity index (χ2v) is 6.11. The zero-order valence-electron chi connectivity index (χ0n) is 14.9. The van der Waals surface area contributed by atoms with Crippen LogP contribution >= 0.6 is 0 Å². The number of amides is 1. The molecule has 0 unspecified atom stereocenters. The van der Waals surface area contributed by atoms with Gasteiger partial charge in [-0.3, -0.25) is 19.7 Å². The van der Waals surface area contributed by atoms with E-state index in [1.807, 2.05) is 6.92 Å². The van der Waals surface area contributed by atoms with Crippen LogP contribution in [0, 0.1) is 10.1 Å². The minimum atomic E-state index is -0.978. The summed E-state index contributed by atoms with van der Waals surface area (Å²) in [6.45, 7) is 2.21. The molecule has 28 heavy (non-hydrogen) atoms. The first-order valence-corrected chi connectivity index (χ1v) is 8.48. The van der Waals surface area contributed by atoms with E-state index in [0.29, 0.717) is 23.9 Å². The summed E-state index contributed by atoms with van der Waals surface area (Å²) in [5.74, 6) is -1.88. The predicted octanol–water partition coefficient (Wildman–Crippen LogP) is 2.98. The largest absolute Gasteiger partial charge is 0.506 e. The van der Waals surface area contributed by atoms with Crippen LogP contribution in [0.2, 0.25) is 0 Å². The summed E-state index contributed by atoms with van der Waals surface area (Å²) in [4.78, 5) is 35.8. The zero-order valence-corrected chi connectivity index (χ0v) is 14.9. The number of fused-ring (bicyclic) bond motifs is 1.